The van der Waals surface area contributed by atoms with Crippen molar-refractivity contribution in [2.45, 2.75) is 39.2 Å². The van der Waals surface area contributed by atoms with Crippen molar-refractivity contribution in [3.05, 3.63) is 29.8 Å². The van der Waals surface area contributed by atoms with E-state index in [1.165, 1.54) is 30.5 Å². The Bertz CT molecular complexity index is 504. The Morgan fingerprint density at radius 3 is 2.68 bits per heavy atom. The van der Waals surface area contributed by atoms with Gasteiger partial charge in [-0.3, -0.25) is 4.99 Å². The molecule has 1 aromatic carbocycles. The van der Waals surface area contributed by atoms with Crippen LogP contribution in [0.25, 0.3) is 0 Å². The molecule has 120 valence electrons. The predicted octanol–water partition coefficient (Wildman–Crippen LogP) is 2.54. The number of guanidine groups is 1. The van der Waals surface area contributed by atoms with E-state index in [0.717, 1.165) is 38.1 Å². The van der Waals surface area contributed by atoms with Gasteiger partial charge in [0.15, 0.2) is 5.96 Å². The number of nitrogens with one attached hydrogen (secondary N) is 2. The van der Waals surface area contributed by atoms with Crippen molar-refractivity contribution in [3.8, 4) is 0 Å². The molecule has 0 spiro atoms. The van der Waals surface area contributed by atoms with E-state index in [-0.39, 0.29) is 0 Å². The Morgan fingerprint density at radius 2 is 2.00 bits per heavy atom. The zero-order chi connectivity index (χ0) is 15.4. The van der Waals surface area contributed by atoms with Crippen molar-refractivity contribution in [1.82, 2.24) is 10.6 Å². The van der Waals surface area contributed by atoms with Crippen LogP contribution in [0.3, 0.4) is 0 Å². The first kappa shape index (κ1) is 15.2. The molecule has 2 N–H and O–H groups in total. The van der Waals surface area contributed by atoms with Gasteiger partial charge in [0.05, 0.1) is 0 Å². The summed E-state index contributed by atoms with van der Waals surface area (Å²) in [4.78, 5) is 7.18. The number of aliphatic imine (C=N–C) groups is 1. The highest BCUT2D eigenvalue weighted by Gasteiger charge is 2.24. The molecule has 1 aliphatic carbocycles. The fourth-order valence-corrected chi connectivity index (χ4v) is 2.90. The van der Waals surface area contributed by atoms with E-state index in [9.17, 15) is 0 Å². The minimum atomic E-state index is 0.485. The molecule has 2 aliphatic rings. The molecule has 4 nitrogen and oxygen atoms in total. The first-order valence-electron chi connectivity index (χ1n) is 8.61. The quantitative estimate of drug-likeness (QED) is 0.648. The van der Waals surface area contributed by atoms with E-state index in [4.69, 9.17) is 4.99 Å². The van der Waals surface area contributed by atoms with Gasteiger partial charge < -0.3 is 15.5 Å². The van der Waals surface area contributed by atoms with Gasteiger partial charge in [0.1, 0.15) is 0 Å². The average molecular weight is 300 g/mol. The maximum absolute atomic E-state index is 4.72. The summed E-state index contributed by atoms with van der Waals surface area (Å²) in [5.41, 5.74) is 2.65. The van der Waals surface area contributed by atoms with E-state index < -0.39 is 0 Å². The van der Waals surface area contributed by atoms with Gasteiger partial charge in [-0.05, 0) is 51.2 Å². The van der Waals surface area contributed by atoms with Crippen molar-refractivity contribution < 1.29 is 0 Å². The topological polar surface area (TPSA) is 39.7 Å². The lowest BCUT2D eigenvalue weighted by Crippen LogP contribution is -2.44. The Balaban J connectivity index is 1.54. The van der Waals surface area contributed by atoms with Gasteiger partial charge in [0.25, 0.3) is 0 Å². The molecule has 3 rings (SSSR count). The van der Waals surface area contributed by atoms with E-state index in [1.807, 2.05) is 0 Å². The van der Waals surface area contributed by atoms with Crippen LogP contribution >= 0.6 is 0 Å². The van der Waals surface area contributed by atoms with Gasteiger partial charge in [-0.2, -0.15) is 0 Å². The Labute approximate surface area is 134 Å². The van der Waals surface area contributed by atoms with E-state index in [0.29, 0.717) is 6.04 Å². The molecule has 22 heavy (non-hydrogen) atoms. The standard InChI is InChI=1S/C18H28N4/c1-3-19-18(20-12-15-6-7-15)21-16-10-11-22(13-16)17-8-4-14(2)5-9-17/h4-5,8-9,15-16H,3,6-7,10-13H2,1-2H3,(H2,19,20,21). The molecular weight excluding hydrogens is 272 g/mol. The SMILES string of the molecule is CCNC(=NCC1CC1)NC1CCN(c2ccc(C)cc2)C1. The number of hydrogen-bond donors (Lipinski definition) is 2. The Hall–Kier alpha value is -1.71. The number of benzene rings is 1. The molecule has 1 heterocycles. The summed E-state index contributed by atoms with van der Waals surface area (Å²) >= 11 is 0. The third kappa shape index (κ3) is 4.15. The second-order valence-corrected chi connectivity index (χ2v) is 6.57. The third-order valence-electron chi connectivity index (χ3n) is 4.48. The van der Waals surface area contributed by atoms with Crippen LogP contribution in [-0.4, -0.2) is 38.2 Å². The first-order chi connectivity index (χ1) is 10.7. The molecule has 1 aromatic rings. The lowest BCUT2D eigenvalue weighted by Gasteiger charge is -2.20. The van der Waals surface area contributed by atoms with Gasteiger partial charge in [0.2, 0.25) is 0 Å². The van der Waals surface area contributed by atoms with Crippen LogP contribution in [0.1, 0.15) is 31.7 Å². The van der Waals surface area contributed by atoms with Gasteiger partial charge in [-0.15, -0.1) is 0 Å². The first-order valence-corrected chi connectivity index (χ1v) is 8.61. The highest BCUT2D eigenvalue weighted by atomic mass is 15.2. The molecule has 4 heteroatoms. The Kier molecular flexibility index (Phi) is 4.86. The van der Waals surface area contributed by atoms with Crippen molar-refractivity contribution in [2.75, 3.05) is 31.1 Å². The fraction of sp³-hybridized carbons (Fsp3) is 0.611. The monoisotopic (exact) mass is 300 g/mol. The number of aryl methyl sites for hydroxylation is 1. The fourth-order valence-electron chi connectivity index (χ4n) is 2.90. The van der Waals surface area contributed by atoms with Crippen LogP contribution in [0.5, 0.6) is 0 Å². The number of rotatable bonds is 5. The predicted molar refractivity (Wildman–Crippen MR) is 93.6 cm³/mol. The summed E-state index contributed by atoms with van der Waals surface area (Å²) in [6, 6.07) is 9.32. The van der Waals surface area contributed by atoms with Crippen LogP contribution in [0.15, 0.2) is 29.3 Å². The van der Waals surface area contributed by atoms with Gasteiger partial charge in [-0.25, -0.2) is 0 Å². The smallest absolute Gasteiger partial charge is 0.191 e. The van der Waals surface area contributed by atoms with Crippen LogP contribution < -0.4 is 15.5 Å². The van der Waals surface area contributed by atoms with Gasteiger partial charge >= 0.3 is 0 Å². The average Bonchev–Trinajstić information content (AvgIpc) is 3.24. The van der Waals surface area contributed by atoms with E-state index >= 15 is 0 Å². The van der Waals surface area contributed by atoms with Crippen LogP contribution in [-0.2, 0) is 0 Å². The summed E-state index contributed by atoms with van der Waals surface area (Å²) < 4.78 is 0. The molecule has 0 aromatic heterocycles. The van der Waals surface area contributed by atoms with Crippen LogP contribution in [0.4, 0.5) is 5.69 Å². The van der Waals surface area contributed by atoms with E-state index in [1.54, 1.807) is 0 Å². The van der Waals surface area contributed by atoms with Gasteiger partial charge in [-0.1, -0.05) is 17.7 Å². The number of hydrogen-bond acceptors (Lipinski definition) is 2. The summed E-state index contributed by atoms with van der Waals surface area (Å²) in [6.45, 7) is 8.33. The normalized spacial score (nSPS) is 22.0. The zero-order valence-electron chi connectivity index (χ0n) is 13.8. The molecule has 0 radical (unpaired) electrons. The Morgan fingerprint density at radius 1 is 1.23 bits per heavy atom. The zero-order valence-corrected chi connectivity index (χ0v) is 13.8. The molecule has 1 atom stereocenters. The summed E-state index contributed by atoms with van der Waals surface area (Å²) in [6.07, 6.45) is 3.88. The third-order valence-corrected chi connectivity index (χ3v) is 4.48. The lowest BCUT2D eigenvalue weighted by molar-refractivity contribution is 0.647. The van der Waals surface area contributed by atoms with Gasteiger partial charge in [0, 0.05) is 37.9 Å². The molecule has 1 saturated carbocycles. The molecular formula is C18H28N4. The number of nitrogens with zero attached hydrogens (tertiary/aromatic N) is 2. The minimum absolute atomic E-state index is 0.485. The highest BCUT2D eigenvalue weighted by Crippen LogP contribution is 2.28. The number of anilines is 1. The van der Waals surface area contributed by atoms with Crippen molar-refractivity contribution in [2.24, 2.45) is 10.9 Å². The minimum Gasteiger partial charge on any atom is -0.369 e. The largest absolute Gasteiger partial charge is 0.369 e. The molecule has 0 amide bonds. The van der Waals surface area contributed by atoms with Crippen molar-refractivity contribution in [3.63, 3.8) is 0 Å². The van der Waals surface area contributed by atoms with Crippen molar-refractivity contribution >= 4 is 11.6 Å². The maximum atomic E-state index is 4.72. The lowest BCUT2D eigenvalue weighted by atomic mass is 10.2. The molecule has 2 fully saturated rings. The molecule has 1 aliphatic heterocycles. The second-order valence-electron chi connectivity index (χ2n) is 6.57. The molecule has 1 unspecified atom stereocenters. The van der Waals surface area contributed by atoms with Crippen molar-refractivity contribution in [1.29, 1.82) is 0 Å². The highest BCUT2D eigenvalue weighted by molar-refractivity contribution is 5.80. The van der Waals surface area contributed by atoms with Crippen LogP contribution in [0, 0.1) is 12.8 Å². The summed E-state index contributed by atoms with van der Waals surface area (Å²) in [5, 5.41) is 6.98. The van der Waals surface area contributed by atoms with E-state index in [2.05, 4.69) is 53.6 Å². The molecule has 0 bridgehead atoms. The summed E-state index contributed by atoms with van der Waals surface area (Å²) in [5.74, 6) is 1.83. The molecule has 1 saturated heterocycles. The summed E-state index contributed by atoms with van der Waals surface area (Å²) in [7, 11) is 0. The second kappa shape index (κ2) is 7.03. The van der Waals surface area contributed by atoms with Crippen LogP contribution in [0.2, 0.25) is 0 Å². The maximum Gasteiger partial charge on any atom is 0.191 e.